The molecule has 2 rings (SSSR count). The van der Waals surface area contributed by atoms with Gasteiger partial charge >= 0.3 is 0 Å². The molecule has 0 saturated heterocycles. The SMILES string of the molecule is Cc1ccc(C(=O)Nc2ccc(Cl)c(Cl)c2)c(=O)n1C. The third-order valence-electron chi connectivity index (χ3n) is 2.98. The predicted octanol–water partition coefficient (Wildman–Crippen LogP) is 3.25. The third-order valence-corrected chi connectivity index (χ3v) is 3.72. The number of carbonyl (C=O) groups excluding carboxylic acids is 1. The van der Waals surface area contributed by atoms with E-state index in [1.165, 1.54) is 16.7 Å². The number of hydrogen-bond donors (Lipinski definition) is 1. The first kappa shape index (κ1) is 14.6. The molecule has 1 N–H and O–H groups in total. The number of nitrogens with zero attached hydrogens (tertiary/aromatic N) is 1. The lowest BCUT2D eigenvalue weighted by molar-refractivity contribution is 0.102. The van der Waals surface area contributed by atoms with Crippen molar-refractivity contribution in [3.05, 3.63) is 62.0 Å². The molecule has 1 aromatic heterocycles. The highest BCUT2D eigenvalue weighted by molar-refractivity contribution is 6.42. The highest BCUT2D eigenvalue weighted by atomic mass is 35.5. The number of aromatic nitrogens is 1. The first-order valence-corrected chi connectivity index (χ1v) is 6.59. The average Bonchev–Trinajstić information content (AvgIpc) is 2.40. The van der Waals surface area contributed by atoms with Crippen LogP contribution < -0.4 is 10.9 Å². The van der Waals surface area contributed by atoms with Crippen LogP contribution in [0.25, 0.3) is 0 Å². The summed E-state index contributed by atoms with van der Waals surface area (Å²) in [6.45, 7) is 1.79. The highest BCUT2D eigenvalue weighted by Crippen LogP contribution is 2.25. The maximum Gasteiger partial charge on any atom is 0.263 e. The summed E-state index contributed by atoms with van der Waals surface area (Å²) in [5.41, 5.74) is 0.986. The number of aryl methyl sites for hydroxylation is 1. The van der Waals surface area contributed by atoms with E-state index in [0.29, 0.717) is 15.7 Å². The van der Waals surface area contributed by atoms with Crippen LogP contribution in [0.3, 0.4) is 0 Å². The molecule has 0 aliphatic carbocycles. The molecule has 4 nitrogen and oxygen atoms in total. The number of nitrogens with one attached hydrogen (secondary N) is 1. The fourth-order valence-corrected chi connectivity index (χ4v) is 1.97. The molecule has 0 radical (unpaired) electrons. The quantitative estimate of drug-likeness (QED) is 0.925. The summed E-state index contributed by atoms with van der Waals surface area (Å²) < 4.78 is 1.42. The van der Waals surface area contributed by atoms with Crippen molar-refractivity contribution in [2.45, 2.75) is 6.92 Å². The van der Waals surface area contributed by atoms with Crippen molar-refractivity contribution in [2.24, 2.45) is 7.05 Å². The van der Waals surface area contributed by atoms with Crippen molar-refractivity contribution >= 4 is 34.8 Å². The second kappa shape index (κ2) is 5.69. The maximum atomic E-state index is 12.1. The van der Waals surface area contributed by atoms with Gasteiger partial charge in [-0.05, 0) is 37.3 Å². The Bertz CT molecular complexity index is 738. The Morgan fingerprint density at radius 2 is 1.85 bits per heavy atom. The van der Waals surface area contributed by atoms with Crippen molar-refractivity contribution in [1.29, 1.82) is 0 Å². The molecule has 1 aromatic carbocycles. The molecule has 0 atom stereocenters. The van der Waals surface area contributed by atoms with Gasteiger partial charge in [-0.15, -0.1) is 0 Å². The smallest absolute Gasteiger partial charge is 0.263 e. The van der Waals surface area contributed by atoms with Crippen LogP contribution in [0, 0.1) is 6.92 Å². The third kappa shape index (κ3) is 2.86. The van der Waals surface area contributed by atoms with Crippen molar-refractivity contribution in [2.75, 3.05) is 5.32 Å². The van der Waals surface area contributed by atoms with Crippen LogP contribution in [0.2, 0.25) is 10.0 Å². The van der Waals surface area contributed by atoms with Crippen molar-refractivity contribution in [3.63, 3.8) is 0 Å². The molecule has 6 heteroatoms. The van der Waals surface area contributed by atoms with E-state index >= 15 is 0 Å². The van der Waals surface area contributed by atoms with Gasteiger partial charge in [0, 0.05) is 18.4 Å². The molecule has 2 aromatic rings. The fraction of sp³-hybridized carbons (Fsp3) is 0.143. The number of hydrogen-bond acceptors (Lipinski definition) is 2. The fourth-order valence-electron chi connectivity index (χ4n) is 1.67. The van der Waals surface area contributed by atoms with E-state index in [4.69, 9.17) is 23.2 Å². The zero-order chi connectivity index (χ0) is 14.9. The van der Waals surface area contributed by atoms with E-state index in [9.17, 15) is 9.59 Å². The van der Waals surface area contributed by atoms with Gasteiger partial charge in [-0.2, -0.15) is 0 Å². The minimum Gasteiger partial charge on any atom is -0.322 e. The summed E-state index contributed by atoms with van der Waals surface area (Å²) in [5.74, 6) is -0.482. The number of amides is 1. The minimum atomic E-state index is -0.482. The summed E-state index contributed by atoms with van der Waals surface area (Å²) in [7, 11) is 1.62. The number of pyridine rings is 1. The Kier molecular flexibility index (Phi) is 4.16. The van der Waals surface area contributed by atoms with Gasteiger partial charge < -0.3 is 9.88 Å². The molecule has 0 saturated carbocycles. The number of anilines is 1. The summed E-state index contributed by atoms with van der Waals surface area (Å²) in [5, 5.41) is 3.35. The lowest BCUT2D eigenvalue weighted by atomic mass is 10.2. The second-order valence-electron chi connectivity index (χ2n) is 4.34. The molecule has 1 amide bonds. The van der Waals surface area contributed by atoms with Crippen molar-refractivity contribution < 1.29 is 4.79 Å². The van der Waals surface area contributed by atoms with Gasteiger partial charge in [-0.1, -0.05) is 23.2 Å². The van der Waals surface area contributed by atoms with Crippen LogP contribution in [0.1, 0.15) is 16.1 Å². The Labute approximate surface area is 125 Å². The van der Waals surface area contributed by atoms with Gasteiger partial charge in [0.05, 0.1) is 10.0 Å². The Hall–Kier alpha value is -1.78. The van der Waals surface area contributed by atoms with E-state index in [2.05, 4.69) is 5.32 Å². The molecule has 20 heavy (non-hydrogen) atoms. The Morgan fingerprint density at radius 3 is 2.50 bits per heavy atom. The Balaban J connectivity index is 2.31. The van der Waals surface area contributed by atoms with Crippen molar-refractivity contribution in [1.82, 2.24) is 4.57 Å². The van der Waals surface area contributed by atoms with Gasteiger partial charge in [0.25, 0.3) is 11.5 Å². The maximum absolute atomic E-state index is 12.1. The molecule has 0 spiro atoms. The van der Waals surface area contributed by atoms with Crippen LogP contribution in [0.4, 0.5) is 5.69 Å². The van der Waals surface area contributed by atoms with Gasteiger partial charge in [-0.3, -0.25) is 9.59 Å². The zero-order valence-electron chi connectivity index (χ0n) is 10.9. The first-order valence-electron chi connectivity index (χ1n) is 5.83. The standard InChI is InChI=1S/C14H12Cl2N2O2/c1-8-3-5-10(14(20)18(8)2)13(19)17-9-4-6-11(15)12(16)7-9/h3-7H,1-2H3,(H,17,19). The molecule has 1 heterocycles. The van der Waals surface area contributed by atoms with Gasteiger partial charge in [-0.25, -0.2) is 0 Å². The molecule has 0 unspecified atom stereocenters. The normalized spacial score (nSPS) is 10.4. The van der Waals surface area contributed by atoms with Crippen LogP contribution >= 0.6 is 23.2 Å². The molecule has 0 bridgehead atoms. The number of halogens is 2. The molecule has 0 fully saturated rings. The average molecular weight is 311 g/mol. The van der Waals surface area contributed by atoms with Crippen LogP contribution in [-0.4, -0.2) is 10.5 Å². The van der Waals surface area contributed by atoms with Crippen LogP contribution in [0.5, 0.6) is 0 Å². The van der Waals surface area contributed by atoms with E-state index in [1.807, 2.05) is 0 Å². The number of benzene rings is 1. The van der Waals surface area contributed by atoms with E-state index in [-0.39, 0.29) is 11.1 Å². The molecule has 104 valence electrons. The zero-order valence-corrected chi connectivity index (χ0v) is 12.4. The first-order chi connectivity index (χ1) is 9.40. The molecular weight excluding hydrogens is 299 g/mol. The van der Waals surface area contributed by atoms with Crippen LogP contribution in [-0.2, 0) is 7.05 Å². The lowest BCUT2D eigenvalue weighted by Gasteiger charge is -2.08. The summed E-state index contributed by atoms with van der Waals surface area (Å²) >= 11 is 11.7. The van der Waals surface area contributed by atoms with Gasteiger partial charge in [0.15, 0.2) is 0 Å². The lowest BCUT2D eigenvalue weighted by Crippen LogP contribution is -2.28. The summed E-state index contributed by atoms with van der Waals surface area (Å²) in [6.07, 6.45) is 0. The molecule has 0 aliphatic heterocycles. The van der Waals surface area contributed by atoms with E-state index in [0.717, 1.165) is 5.69 Å². The number of carbonyl (C=O) groups is 1. The molecule has 0 aliphatic rings. The van der Waals surface area contributed by atoms with Crippen LogP contribution in [0.15, 0.2) is 35.1 Å². The molecular formula is C14H12Cl2N2O2. The van der Waals surface area contributed by atoms with Gasteiger partial charge in [0.2, 0.25) is 0 Å². The summed E-state index contributed by atoms with van der Waals surface area (Å²) in [4.78, 5) is 24.1. The summed E-state index contributed by atoms with van der Waals surface area (Å²) in [6, 6.07) is 7.94. The largest absolute Gasteiger partial charge is 0.322 e. The predicted molar refractivity (Wildman–Crippen MR) is 80.8 cm³/mol. The topological polar surface area (TPSA) is 51.1 Å². The monoisotopic (exact) mass is 310 g/mol. The Morgan fingerprint density at radius 1 is 1.15 bits per heavy atom. The highest BCUT2D eigenvalue weighted by Gasteiger charge is 2.13. The number of rotatable bonds is 2. The van der Waals surface area contributed by atoms with Crippen molar-refractivity contribution in [3.8, 4) is 0 Å². The van der Waals surface area contributed by atoms with E-state index in [1.54, 1.807) is 32.2 Å². The minimum absolute atomic E-state index is 0.0733. The second-order valence-corrected chi connectivity index (χ2v) is 5.15. The van der Waals surface area contributed by atoms with Gasteiger partial charge in [0.1, 0.15) is 5.56 Å². The van der Waals surface area contributed by atoms with E-state index < -0.39 is 5.91 Å².